The van der Waals surface area contributed by atoms with Crippen molar-refractivity contribution in [2.75, 3.05) is 14.2 Å². The van der Waals surface area contributed by atoms with Crippen molar-refractivity contribution in [3.05, 3.63) is 17.7 Å². The normalized spacial score (nSPS) is 9.64. The molecule has 0 aromatic carbocycles. The molecule has 0 aliphatic rings. The Kier molecular flexibility index (Phi) is 3.64. The highest BCUT2D eigenvalue weighted by molar-refractivity contribution is 6.16. The van der Waals surface area contributed by atoms with Gasteiger partial charge in [0.2, 0.25) is 0 Å². The van der Waals surface area contributed by atoms with Crippen molar-refractivity contribution < 1.29 is 14.3 Å². The number of alkyl halides is 1. The first kappa shape index (κ1) is 10.7. The first-order chi connectivity index (χ1) is 6.72. The molecule has 0 amide bonds. The van der Waals surface area contributed by atoms with E-state index in [4.69, 9.17) is 16.3 Å². The highest BCUT2D eigenvalue weighted by Gasteiger charge is 2.15. The second-order valence-corrected chi connectivity index (χ2v) is 2.60. The molecule has 0 atom stereocenters. The molecule has 0 spiro atoms. The number of hydrogen-bond donors (Lipinski definition) is 0. The third kappa shape index (κ3) is 2.11. The summed E-state index contributed by atoms with van der Waals surface area (Å²) in [5.74, 6) is 0.183. The molecule has 0 fully saturated rings. The molecule has 76 valence electrons. The van der Waals surface area contributed by atoms with Crippen LogP contribution in [0.4, 0.5) is 0 Å². The molecule has 0 saturated heterocycles. The SMILES string of the molecule is COC(=O)c1nc(CCl)ncc1OC. The molecule has 0 aliphatic heterocycles. The molecule has 0 saturated carbocycles. The minimum Gasteiger partial charge on any atom is -0.493 e. The molecule has 1 heterocycles. The molecule has 1 aromatic rings. The molecule has 5 nitrogen and oxygen atoms in total. The van der Waals surface area contributed by atoms with E-state index in [1.165, 1.54) is 20.4 Å². The van der Waals surface area contributed by atoms with Crippen LogP contribution in [0.2, 0.25) is 0 Å². The summed E-state index contributed by atoms with van der Waals surface area (Å²) in [6.45, 7) is 0. The summed E-state index contributed by atoms with van der Waals surface area (Å²) in [5, 5.41) is 0. The fourth-order valence-electron chi connectivity index (χ4n) is 0.864. The van der Waals surface area contributed by atoms with Crippen LogP contribution in [0, 0.1) is 0 Å². The maximum atomic E-state index is 11.2. The van der Waals surface area contributed by atoms with Crippen molar-refractivity contribution in [1.82, 2.24) is 9.97 Å². The first-order valence-electron chi connectivity index (χ1n) is 3.77. The van der Waals surface area contributed by atoms with Crippen molar-refractivity contribution in [3.8, 4) is 5.75 Å². The van der Waals surface area contributed by atoms with Crippen LogP contribution in [0.25, 0.3) is 0 Å². The van der Waals surface area contributed by atoms with E-state index >= 15 is 0 Å². The van der Waals surface area contributed by atoms with Gasteiger partial charge in [-0.05, 0) is 0 Å². The summed E-state index contributed by atoms with van der Waals surface area (Å²) in [4.78, 5) is 19.0. The Balaban J connectivity index is 3.14. The molecule has 1 rings (SSSR count). The number of hydrogen-bond acceptors (Lipinski definition) is 5. The van der Waals surface area contributed by atoms with Crippen LogP contribution in [0.1, 0.15) is 16.3 Å². The van der Waals surface area contributed by atoms with Gasteiger partial charge in [-0.1, -0.05) is 0 Å². The summed E-state index contributed by atoms with van der Waals surface area (Å²) in [6, 6.07) is 0. The van der Waals surface area contributed by atoms with Gasteiger partial charge >= 0.3 is 5.97 Å². The Morgan fingerprint density at radius 1 is 1.57 bits per heavy atom. The standard InChI is InChI=1S/C8H9ClN2O3/c1-13-5-4-10-6(3-9)11-7(5)8(12)14-2/h4H,3H2,1-2H3. The molecular weight excluding hydrogens is 208 g/mol. The van der Waals surface area contributed by atoms with Crippen LogP contribution in [0.15, 0.2) is 6.20 Å². The van der Waals surface area contributed by atoms with Crippen LogP contribution in [0.5, 0.6) is 5.75 Å². The van der Waals surface area contributed by atoms with E-state index in [0.717, 1.165) is 0 Å². The van der Waals surface area contributed by atoms with E-state index in [2.05, 4.69) is 14.7 Å². The van der Waals surface area contributed by atoms with Crippen LogP contribution >= 0.6 is 11.6 Å². The lowest BCUT2D eigenvalue weighted by Crippen LogP contribution is -2.09. The second kappa shape index (κ2) is 4.76. The van der Waals surface area contributed by atoms with Gasteiger partial charge in [0.05, 0.1) is 26.3 Å². The zero-order chi connectivity index (χ0) is 10.6. The molecule has 1 aromatic heterocycles. The van der Waals surface area contributed by atoms with Gasteiger partial charge in [-0.25, -0.2) is 14.8 Å². The quantitative estimate of drug-likeness (QED) is 0.558. The summed E-state index contributed by atoms with van der Waals surface area (Å²) in [5.41, 5.74) is 0.0839. The van der Waals surface area contributed by atoms with E-state index < -0.39 is 5.97 Å². The molecule has 14 heavy (non-hydrogen) atoms. The smallest absolute Gasteiger partial charge is 0.360 e. The van der Waals surface area contributed by atoms with Gasteiger partial charge in [-0.2, -0.15) is 0 Å². The zero-order valence-electron chi connectivity index (χ0n) is 7.78. The molecule has 6 heteroatoms. The topological polar surface area (TPSA) is 61.3 Å². The number of ether oxygens (including phenoxy) is 2. The summed E-state index contributed by atoms with van der Waals surface area (Å²) in [6.07, 6.45) is 1.39. The van der Waals surface area contributed by atoms with E-state index in [9.17, 15) is 4.79 Å². The van der Waals surface area contributed by atoms with Crippen molar-refractivity contribution in [3.63, 3.8) is 0 Å². The molecule has 0 unspecified atom stereocenters. The lowest BCUT2D eigenvalue weighted by Gasteiger charge is -2.05. The predicted molar refractivity (Wildman–Crippen MR) is 49.5 cm³/mol. The maximum Gasteiger partial charge on any atom is 0.360 e. The third-order valence-electron chi connectivity index (χ3n) is 1.52. The third-order valence-corrected chi connectivity index (χ3v) is 1.76. The molecule has 0 bridgehead atoms. The van der Waals surface area contributed by atoms with Gasteiger partial charge in [0, 0.05) is 0 Å². The average molecular weight is 217 g/mol. The van der Waals surface area contributed by atoms with Gasteiger partial charge in [0.1, 0.15) is 5.82 Å². The van der Waals surface area contributed by atoms with Crippen molar-refractivity contribution in [2.24, 2.45) is 0 Å². The second-order valence-electron chi connectivity index (χ2n) is 2.33. The van der Waals surface area contributed by atoms with E-state index in [-0.39, 0.29) is 17.3 Å². The van der Waals surface area contributed by atoms with Gasteiger partial charge in [0.25, 0.3) is 0 Å². The highest BCUT2D eigenvalue weighted by Crippen LogP contribution is 2.15. The molecule has 0 aliphatic carbocycles. The molecular formula is C8H9ClN2O3. The van der Waals surface area contributed by atoms with Gasteiger partial charge in [0.15, 0.2) is 11.4 Å². The van der Waals surface area contributed by atoms with Crippen molar-refractivity contribution in [1.29, 1.82) is 0 Å². The fourth-order valence-corrected chi connectivity index (χ4v) is 0.993. The molecule has 0 radical (unpaired) electrons. The fraction of sp³-hybridized carbons (Fsp3) is 0.375. The number of rotatable bonds is 3. The Morgan fingerprint density at radius 2 is 2.29 bits per heavy atom. The largest absolute Gasteiger partial charge is 0.493 e. The van der Waals surface area contributed by atoms with Crippen LogP contribution in [-0.4, -0.2) is 30.2 Å². The lowest BCUT2D eigenvalue weighted by atomic mass is 10.3. The Labute approximate surface area is 86.0 Å². The maximum absolute atomic E-state index is 11.2. The number of halogens is 1. The van der Waals surface area contributed by atoms with Crippen LogP contribution < -0.4 is 4.74 Å². The minimum atomic E-state index is -0.574. The van der Waals surface area contributed by atoms with Crippen molar-refractivity contribution in [2.45, 2.75) is 5.88 Å². The molecule has 0 N–H and O–H groups in total. The Bertz CT molecular complexity index is 343. The Hall–Kier alpha value is -1.36. The number of aromatic nitrogens is 2. The average Bonchev–Trinajstić information content (AvgIpc) is 2.27. The number of esters is 1. The summed E-state index contributed by atoms with van der Waals surface area (Å²) >= 11 is 5.52. The number of carbonyl (C=O) groups is 1. The predicted octanol–water partition coefficient (Wildman–Crippen LogP) is 1.01. The van der Waals surface area contributed by atoms with Gasteiger partial charge in [-0.15, -0.1) is 11.6 Å². The van der Waals surface area contributed by atoms with Crippen LogP contribution in [-0.2, 0) is 10.6 Å². The van der Waals surface area contributed by atoms with E-state index in [1.54, 1.807) is 0 Å². The summed E-state index contributed by atoms with van der Waals surface area (Å²) < 4.78 is 9.42. The van der Waals surface area contributed by atoms with Crippen LogP contribution in [0.3, 0.4) is 0 Å². The lowest BCUT2D eigenvalue weighted by molar-refractivity contribution is 0.0589. The van der Waals surface area contributed by atoms with Gasteiger partial charge < -0.3 is 9.47 Å². The Morgan fingerprint density at radius 3 is 2.79 bits per heavy atom. The summed E-state index contributed by atoms with van der Waals surface area (Å²) in [7, 11) is 2.69. The monoisotopic (exact) mass is 216 g/mol. The van der Waals surface area contributed by atoms with E-state index in [0.29, 0.717) is 5.82 Å². The number of methoxy groups -OCH3 is 2. The number of carbonyl (C=O) groups excluding carboxylic acids is 1. The highest BCUT2D eigenvalue weighted by atomic mass is 35.5. The first-order valence-corrected chi connectivity index (χ1v) is 4.30. The minimum absolute atomic E-state index is 0.0839. The van der Waals surface area contributed by atoms with Crippen molar-refractivity contribution >= 4 is 17.6 Å². The number of nitrogens with zero attached hydrogens (tertiary/aromatic N) is 2. The van der Waals surface area contributed by atoms with Gasteiger partial charge in [-0.3, -0.25) is 0 Å². The van der Waals surface area contributed by atoms with E-state index in [1.807, 2.05) is 0 Å². The zero-order valence-corrected chi connectivity index (χ0v) is 8.54.